The first-order valence-corrected chi connectivity index (χ1v) is 8.78. The van der Waals surface area contributed by atoms with Crippen LogP contribution in [-0.4, -0.2) is 43.8 Å². The molecule has 2 N–H and O–H groups in total. The van der Waals surface area contributed by atoms with Crippen LogP contribution < -0.4 is 11.2 Å². The standard InChI is InChI=1S/C18H23N5O3/c1-10-13(11(2)20-18(26)19-10)4-5-16(24)23-8-6-14-15(7-9-23)21-12(3)22-17(14)25/h4-9H2,1-3H3,(H,19,20,26)(H,21,22,25). The quantitative estimate of drug-likeness (QED) is 0.823. The molecule has 0 saturated heterocycles. The molecule has 8 nitrogen and oxygen atoms in total. The van der Waals surface area contributed by atoms with E-state index in [-0.39, 0.29) is 17.2 Å². The number of nitrogens with zero attached hydrogens (tertiary/aromatic N) is 3. The molecule has 3 heterocycles. The van der Waals surface area contributed by atoms with Gasteiger partial charge < -0.3 is 14.9 Å². The molecule has 0 aromatic carbocycles. The molecule has 26 heavy (non-hydrogen) atoms. The van der Waals surface area contributed by atoms with Gasteiger partial charge in [0.25, 0.3) is 5.56 Å². The zero-order valence-electron chi connectivity index (χ0n) is 15.3. The number of carbonyl (C=O) groups excluding carboxylic acids is 1. The van der Waals surface area contributed by atoms with Crippen molar-refractivity contribution in [1.29, 1.82) is 0 Å². The van der Waals surface area contributed by atoms with Crippen molar-refractivity contribution in [2.45, 2.75) is 46.5 Å². The van der Waals surface area contributed by atoms with Crippen molar-refractivity contribution < 1.29 is 4.79 Å². The molecule has 8 heteroatoms. The smallest absolute Gasteiger partial charge is 0.342 e. The van der Waals surface area contributed by atoms with Gasteiger partial charge in [-0.2, -0.15) is 4.98 Å². The van der Waals surface area contributed by atoms with E-state index in [2.05, 4.69) is 19.9 Å². The van der Waals surface area contributed by atoms with E-state index in [0.717, 1.165) is 17.0 Å². The number of hydrogen-bond donors (Lipinski definition) is 2. The summed E-state index contributed by atoms with van der Waals surface area (Å²) in [5, 5.41) is 0. The summed E-state index contributed by atoms with van der Waals surface area (Å²) in [4.78, 5) is 51.6. The van der Waals surface area contributed by atoms with E-state index in [1.807, 2.05) is 6.92 Å². The summed E-state index contributed by atoms with van der Waals surface area (Å²) in [5.41, 5.74) is 3.32. The maximum atomic E-state index is 12.6. The normalized spacial score (nSPS) is 14.0. The van der Waals surface area contributed by atoms with Gasteiger partial charge in [0.05, 0.1) is 5.69 Å². The highest BCUT2D eigenvalue weighted by Gasteiger charge is 2.21. The Morgan fingerprint density at radius 3 is 2.54 bits per heavy atom. The molecule has 0 atom stereocenters. The van der Waals surface area contributed by atoms with Crippen LogP contribution in [0.5, 0.6) is 0 Å². The van der Waals surface area contributed by atoms with Crippen LogP contribution in [0, 0.1) is 20.8 Å². The molecule has 0 fully saturated rings. The summed E-state index contributed by atoms with van der Waals surface area (Å²) in [6.45, 7) is 6.44. The monoisotopic (exact) mass is 357 g/mol. The zero-order chi connectivity index (χ0) is 18.8. The van der Waals surface area contributed by atoms with Crippen LogP contribution >= 0.6 is 0 Å². The average Bonchev–Trinajstić information content (AvgIpc) is 2.76. The maximum absolute atomic E-state index is 12.6. The summed E-state index contributed by atoms with van der Waals surface area (Å²) >= 11 is 0. The van der Waals surface area contributed by atoms with Gasteiger partial charge in [0.1, 0.15) is 5.82 Å². The van der Waals surface area contributed by atoms with Crippen LogP contribution in [0.1, 0.15) is 40.5 Å². The van der Waals surface area contributed by atoms with Gasteiger partial charge in [-0.3, -0.25) is 9.59 Å². The molecule has 3 rings (SSSR count). The highest BCUT2D eigenvalue weighted by atomic mass is 16.2. The van der Waals surface area contributed by atoms with E-state index in [0.29, 0.717) is 55.9 Å². The Balaban J connectivity index is 1.68. The van der Waals surface area contributed by atoms with Crippen LogP contribution in [0.3, 0.4) is 0 Å². The third-order valence-electron chi connectivity index (χ3n) is 4.86. The fourth-order valence-electron chi connectivity index (χ4n) is 3.50. The summed E-state index contributed by atoms with van der Waals surface area (Å²) in [5.74, 6) is 0.640. The molecule has 0 radical (unpaired) electrons. The summed E-state index contributed by atoms with van der Waals surface area (Å²) in [6, 6.07) is 0. The van der Waals surface area contributed by atoms with Gasteiger partial charge >= 0.3 is 5.69 Å². The van der Waals surface area contributed by atoms with Crippen LogP contribution in [0.25, 0.3) is 0 Å². The van der Waals surface area contributed by atoms with E-state index in [4.69, 9.17) is 0 Å². The van der Waals surface area contributed by atoms with E-state index in [9.17, 15) is 14.4 Å². The molecule has 0 saturated carbocycles. The SMILES string of the molecule is Cc1nc2c(c(=O)[nH]1)CCN(C(=O)CCc1c(C)nc(=O)[nH]c1C)CC2. The first kappa shape index (κ1) is 18.0. The second kappa shape index (κ2) is 7.23. The summed E-state index contributed by atoms with van der Waals surface area (Å²) in [6.07, 6.45) is 1.97. The fraction of sp³-hybridized carbons (Fsp3) is 0.500. The molecule has 1 amide bonds. The minimum Gasteiger partial charge on any atom is -0.342 e. The molecule has 0 unspecified atom stereocenters. The van der Waals surface area contributed by atoms with Crippen molar-refractivity contribution in [3.8, 4) is 0 Å². The van der Waals surface area contributed by atoms with Gasteiger partial charge in [-0.15, -0.1) is 0 Å². The lowest BCUT2D eigenvalue weighted by molar-refractivity contribution is -0.131. The number of aryl methyl sites for hydroxylation is 3. The van der Waals surface area contributed by atoms with Crippen LogP contribution in [0.2, 0.25) is 0 Å². The van der Waals surface area contributed by atoms with Gasteiger partial charge in [0.15, 0.2) is 0 Å². The van der Waals surface area contributed by atoms with E-state index >= 15 is 0 Å². The number of fused-ring (bicyclic) bond motifs is 1. The number of carbonyl (C=O) groups is 1. The molecule has 138 valence electrons. The van der Waals surface area contributed by atoms with E-state index < -0.39 is 0 Å². The van der Waals surface area contributed by atoms with Crippen LogP contribution in [-0.2, 0) is 24.1 Å². The summed E-state index contributed by atoms with van der Waals surface area (Å²) in [7, 11) is 0. The fourth-order valence-corrected chi connectivity index (χ4v) is 3.50. The predicted octanol–water partition coefficient (Wildman–Crippen LogP) is 0.338. The highest BCUT2D eigenvalue weighted by molar-refractivity contribution is 5.76. The Morgan fingerprint density at radius 1 is 1.08 bits per heavy atom. The molecule has 0 spiro atoms. The van der Waals surface area contributed by atoms with Crippen molar-refractivity contribution in [2.24, 2.45) is 0 Å². The number of amides is 1. The van der Waals surface area contributed by atoms with Crippen molar-refractivity contribution in [2.75, 3.05) is 13.1 Å². The van der Waals surface area contributed by atoms with Gasteiger partial charge in [0.2, 0.25) is 5.91 Å². The Hall–Kier alpha value is -2.77. The number of aromatic amines is 2. The molecule has 2 aromatic rings. The lowest BCUT2D eigenvalue weighted by Gasteiger charge is -2.20. The van der Waals surface area contributed by atoms with Crippen molar-refractivity contribution in [3.63, 3.8) is 0 Å². The number of rotatable bonds is 3. The highest BCUT2D eigenvalue weighted by Crippen LogP contribution is 2.14. The Labute approximate surface area is 150 Å². The Kier molecular flexibility index (Phi) is 5.01. The third kappa shape index (κ3) is 3.74. The molecule has 1 aliphatic rings. The molecular weight excluding hydrogens is 334 g/mol. The maximum Gasteiger partial charge on any atom is 0.345 e. The number of nitrogens with one attached hydrogen (secondary N) is 2. The van der Waals surface area contributed by atoms with Crippen LogP contribution in [0.15, 0.2) is 9.59 Å². The number of hydrogen-bond acceptors (Lipinski definition) is 5. The van der Waals surface area contributed by atoms with Crippen molar-refractivity contribution in [1.82, 2.24) is 24.8 Å². The van der Waals surface area contributed by atoms with Gasteiger partial charge in [-0.25, -0.2) is 9.78 Å². The van der Waals surface area contributed by atoms with Crippen molar-refractivity contribution >= 4 is 5.91 Å². The number of aromatic nitrogens is 4. The van der Waals surface area contributed by atoms with E-state index in [1.54, 1.807) is 18.7 Å². The molecular formula is C18H23N5O3. The Bertz CT molecular complexity index is 934. The second-order valence-electron chi connectivity index (χ2n) is 6.69. The van der Waals surface area contributed by atoms with E-state index in [1.165, 1.54) is 0 Å². The second-order valence-corrected chi connectivity index (χ2v) is 6.69. The average molecular weight is 357 g/mol. The summed E-state index contributed by atoms with van der Waals surface area (Å²) < 4.78 is 0. The van der Waals surface area contributed by atoms with Gasteiger partial charge in [-0.05, 0) is 39.2 Å². The van der Waals surface area contributed by atoms with Gasteiger partial charge in [0, 0.05) is 42.9 Å². The molecule has 0 bridgehead atoms. The topological polar surface area (TPSA) is 112 Å². The third-order valence-corrected chi connectivity index (χ3v) is 4.86. The number of H-pyrrole nitrogens is 2. The lowest BCUT2D eigenvalue weighted by Crippen LogP contribution is -2.33. The first-order valence-electron chi connectivity index (χ1n) is 8.78. The Morgan fingerprint density at radius 2 is 1.81 bits per heavy atom. The predicted molar refractivity (Wildman–Crippen MR) is 96.2 cm³/mol. The van der Waals surface area contributed by atoms with Gasteiger partial charge in [-0.1, -0.05) is 0 Å². The first-order chi connectivity index (χ1) is 12.3. The lowest BCUT2D eigenvalue weighted by atomic mass is 10.1. The van der Waals surface area contributed by atoms with Crippen LogP contribution in [0.4, 0.5) is 0 Å². The minimum atomic E-state index is -0.367. The minimum absolute atomic E-state index is 0.0379. The molecule has 0 aliphatic carbocycles. The zero-order valence-corrected chi connectivity index (χ0v) is 15.3. The van der Waals surface area contributed by atoms with Crippen molar-refractivity contribution in [3.05, 3.63) is 54.9 Å². The largest absolute Gasteiger partial charge is 0.345 e. The molecule has 2 aromatic heterocycles. The molecule has 1 aliphatic heterocycles.